The molecule has 1 fully saturated rings. The van der Waals surface area contributed by atoms with Gasteiger partial charge in [-0.15, -0.1) is 5.10 Å². The van der Waals surface area contributed by atoms with Crippen molar-refractivity contribution in [3.05, 3.63) is 23.9 Å². The fraction of sp³-hybridized carbons (Fsp3) is 0.538. The van der Waals surface area contributed by atoms with Crippen molar-refractivity contribution < 1.29 is 0 Å². The van der Waals surface area contributed by atoms with Gasteiger partial charge < -0.3 is 10.2 Å². The molecule has 96 valence electrons. The molecular weight excluding hydrogens is 226 g/mol. The summed E-state index contributed by atoms with van der Waals surface area (Å²) in [5.74, 6) is 0.859. The molecule has 0 aromatic carbocycles. The number of hydrogen-bond acceptors (Lipinski definition) is 4. The Labute approximate surface area is 107 Å². The van der Waals surface area contributed by atoms with Crippen molar-refractivity contribution in [1.29, 1.82) is 0 Å². The zero-order valence-electron chi connectivity index (χ0n) is 10.9. The number of hydrogen-bond donors (Lipinski definition) is 1. The zero-order chi connectivity index (χ0) is 12.5. The number of aromatic nitrogens is 3. The summed E-state index contributed by atoms with van der Waals surface area (Å²) >= 11 is 0. The van der Waals surface area contributed by atoms with E-state index in [0.29, 0.717) is 6.04 Å². The van der Waals surface area contributed by atoms with Crippen LogP contribution in [0.1, 0.15) is 19.0 Å². The molecule has 1 aliphatic heterocycles. The van der Waals surface area contributed by atoms with E-state index in [2.05, 4.69) is 40.2 Å². The van der Waals surface area contributed by atoms with Gasteiger partial charge >= 0.3 is 0 Å². The van der Waals surface area contributed by atoms with Gasteiger partial charge in [0.1, 0.15) is 0 Å². The van der Waals surface area contributed by atoms with Gasteiger partial charge in [-0.05, 0) is 25.5 Å². The maximum atomic E-state index is 4.65. The second kappa shape index (κ2) is 4.57. The second-order valence-electron chi connectivity index (χ2n) is 4.85. The molecule has 2 aromatic heterocycles. The summed E-state index contributed by atoms with van der Waals surface area (Å²) in [5.41, 5.74) is 2.05. The fourth-order valence-electron chi connectivity index (χ4n) is 2.33. The molecule has 0 radical (unpaired) electrons. The first kappa shape index (κ1) is 11.5. The molecule has 3 heterocycles. The molecule has 0 aliphatic carbocycles. The van der Waals surface area contributed by atoms with Gasteiger partial charge in [-0.1, -0.05) is 13.0 Å². The van der Waals surface area contributed by atoms with Crippen molar-refractivity contribution in [3.63, 3.8) is 0 Å². The van der Waals surface area contributed by atoms with E-state index in [9.17, 15) is 0 Å². The average Bonchev–Trinajstić information content (AvgIpc) is 2.71. The molecule has 1 aliphatic rings. The molecule has 0 saturated carbocycles. The van der Waals surface area contributed by atoms with E-state index in [1.807, 2.05) is 16.6 Å². The van der Waals surface area contributed by atoms with Crippen LogP contribution in [0.5, 0.6) is 0 Å². The summed E-state index contributed by atoms with van der Waals surface area (Å²) in [6.45, 7) is 7.34. The molecule has 1 N–H and O–H groups in total. The molecule has 0 atom stereocenters. The fourth-order valence-corrected chi connectivity index (χ4v) is 2.33. The van der Waals surface area contributed by atoms with Gasteiger partial charge in [0.2, 0.25) is 5.95 Å². The number of anilines is 1. The van der Waals surface area contributed by atoms with Crippen molar-refractivity contribution in [2.75, 3.05) is 24.5 Å². The predicted octanol–water partition coefficient (Wildman–Crippen LogP) is 1.23. The monoisotopic (exact) mass is 245 g/mol. The molecule has 18 heavy (non-hydrogen) atoms. The van der Waals surface area contributed by atoms with E-state index in [-0.39, 0.29) is 0 Å². The van der Waals surface area contributed by atoms with Gasteiger partial charge in [-0.25, -0.2) is 4.52 Å². The van der Waals surface area contributed by atoms with E-state index < -0.39 is 0 Å². The maximum absolute atomic E-state index is 4.65. The lowest BCUT2D eigenvalue weighted by Crippen LogP contribution is -2.58. The van der Waals surface area contributed by atoms with Crippen molar-refractivity contribution in [2.45, 2.75) is 26.3 Å². The third-order valence-electron chi connectivity index (χ3n) is 3.46. The third kappa shape index (κ3) is 1.84. The molecule has 1 saturated heterocycles. The lowest BCUT2D eigenvalue weighted by atomic mass is 10.1. The molecule has 5 nitrogen and oxygen atoms in total. The van der Waals surface area contributed by atoms with Gasteiger partial charge in [-0.3, -0.25) is 0 Å². The third-order valence-corrected chi connectivity index (χ3v) is 3.46. The Balaban J connectivity index is 1.98. The summed E-state index contributed by atoms with van der Waals surface area (Å²) in [4.78, 5) is 6.97. The van der Waals surface area contributed by atoms with Crippen molar-refractivity contribution >= 4 is 11.6 Å². The largest absolute Gasteiger partial charge is 0.334 e. The lowest BCUT2D eigenvalue weighted by Gasteiger charge is -2.37. The Morgan fingerprint density at radius 1 is 1.44 bits per heavy atom. The van der Waals surface area contributed by atoms with E-state index in [0.717, 1.165) is 43.3 Å². The topological polar surface area (TPSA) is 45.5 Å². The lowest BCUT2D eigenvalue weighted by molar-refractivity contribution is 0.408. The van der Waals surface area contributed by atoms with Crippen LogP contribution in [0.3, 0.4) is 0 Å². The first-order chi connectivity index (χ1) is 8.79. The number of aryl methyl sites for hydroxylation is 1. The summed E-state index contributed by atoms with van der Waals surface area (Å²) < 4.78 is 1.92. The Morgan fingerprint density at radius 2 is 2.28 bits per heavy atom. The smallest absolute Gasteiger partial charge is 0.246 e. The molecule has 5 heteroatoms. The van der Waals surface area contributed by atoms with E-state index >= 15 is 0 Å². The quantitative estimate of drug-likeness (QED) is 0.880. The minimum atomic E-state index is 0.544. The Morgan fingerprint density at radius 3 is 2.89 bits per heavy atom. The zero-order valence-corrected chi connectivity index (χ0v) is 10.9. The Bertz CT molecular complexity index is 543. The summed E-state index contributed by atoms with van der Waals surface area (Å²) in [5, 5.41) is 7.95. The first-order valence-corrected chi connectivity index (χ1v) is 6.59. The van der Waals surface area contributed by atoms with Crippen LogP contribution in [-0.4, -0.2) is 40.3 Å². The average molecular weight is 245 g/mol. The molecule has 0 amide bonds. The molecule has 3 rings (SSSR count). The van der Waals surface area contributed by atoms with Crippen LogP contribution >= 0.6 is 0 Å². The van der Waals surface area contributed by atoms with Crippen LogP contribution in [0.4, 0.5) is 5.95 Å². The number of pyridine rings is 1. The SMILES string of the molecule is CCCN(c1nc2cccc(C)n2n1)C1CNC1. The first-order valence-electron chi connectivity index (χ1n) is 6.59. The van der Waals surface area contributed by atoms with Crippen LogP contribution < -0.4 is 10.2 Å². The van der Waals surface area contributed by atoms with Crippen LogP contribution in [0, 0.1) is 6.92 Å². The number of fused-ring (bicyclic) bond motifs is 1. The number of rotatable bonds is 4. The molecule has 0 bridgehead atoms. The molecule has 0 unspecified atom stereocenters. The molecular formula is C13H19N5. The molecule has 2 aromatic rings. The van der Waals surface area contributed by atoms with E-state index in [1.54, 1.807) is 0 Å². The predicted molar refractivity (Wildman–Crippen MR) is 72.0 cm³/mol. The van der Waals surface area contributed by atoms with E-state index in [4.69, 9.17) is 0 Å². The normalized spacial score (nSPS) is 15.9. The van der Waals surface area contributed by atoms with Crippen LogP contribution in [-0.2, 0) is 0 Å². The summed E-state index contributed by atoms with van der Waals surface area (Å²) in [7, 11) is 0. The Hall–Kier alpha value is -1.62. The van der Waals surface area contributed by atoms with Crippen molar-refractivity contribution in [2.24, 2.45) is 0 Å². The van der Waals surface area contributed by atoms with Gasteiger partial charge in [0.05, 0.1) is 6.04 Å². The maximum Gasteiger partial charge on any atom is 0.246 e. The van der Waals surface area contributed by atoms with Gasteiger partial charge in [0.25, 0.3) is 0 Å². The minimum Gasteiger partial charge on any atom is -0.334 e. The highest BCUT2D eigenvalue weighted by atomic mass is 15.4. The van der Waals surface area contributed by atoms with Gasteiger partial charge in [0.15, 0.2) is 5.65 Å². The second-order valence-corrected chi connectivity index (χ2v) is 4.85. The van der Waals surface area contributed by atoms with Gasteiger partial charge in [0, 0.05) is 25.3 Å². The Kier molecular flexibility index (Phi) is 2.91. The van der Waals surface area contributed by atoms with Crippen molar-refractivity contribution in [1.82, 2.24) is 19.9 Å². The van der Waals surface area contributed by atoms with Crippen molar-refractivity contribution in [3.8, 4) is 0 Å². The standard InChI is InChI=1S/C13H19N5/c1-3-7-17(11-8-14-9-11)13-15-12-6-4-5-10(2)18(12)16-13/h4-6,11,14H,3,7-9H2,1-2H3. The van der Waals surface area contributed by atoms with Crippen LogP contribution in [0.2, 0.25) is 0 Å². The van der Waals surface area contributed by atoms with Crippen LogP contribution in [0.25, 0.3) is 5.65 Å². The highest BCUT2D eigenvalue weighted by Crippen LogP contribution is 2.17. The van der Waals surface area contributed by atoms with Gasteiger partial charge in [-0.2, -0.15) is 4.98 Å². The highest BCUT2D eigenvalue weighted by molar-refractivity contribution is 5.46. The number of nitrogens with one attached hydrogen (secondary N) is 1. The van der Waals surface area contributed by atoms with E-state index in [1.165, 1.54) is 0 Å². The summed E-state index contributed by atoms with van der Waals surface area (Å²) in [6.07, 6.45) is 1.12. The minimum absolute atomic E-state index is 0.544. The number of nitrogens with zero attached hydrogens (tertiary/aromatic N) is 4. The summed E-state index contributed by atoms with van der Waals surface area (Å²) in [6, 6.07) is 6.63. The van der Waals surface area contributed by atoms with Crippen LogP contribution in [0.15, 0.2) is 18.2 Å². The molecule has 0 spiro atoms. The highest BCUT2D eigenvalue weighted by Gasteiger charge is 2.26.